The average molecular weight is 273 g/mol. The lowest BCUT2D eigenvalue weighted by Crippen LogP contribution is -2.44. The van der Waals surface area contributed by atoms with Crippen LogP contribution in [0, 0.1) is 5.92 Å². The number of benzene rings is 1. The first-order chi connectivity index (χ1) is 9.88. The largest absolute Gasteiger partial charge is 0.486 e. The molecule has 2 heterocycles. The second-order valence-corrected chi connectivity index (χ2v) is 6.34. The topological polar surface area (TPSA) is 30.5 Å². The van der Waals surface area contributed by atoms with Crippen LogP contribution in [0.4, 0.5) is 0 Å². The van der Waals surface area contributed by atoms with E-state index in [1.165, 1.54) is 44.1 Å². The third-order valence-electron chi connectivity index (χ3n) is 5.02. The summed E-state index contributed by atoms with van der Waals surface area (Å²) in [4.78, 5) is 0. The van der Waals surface area contributed by atoms with Crippen LogP contribution in [0.2, 0.25) is 0 Å². The number of hydrogen-bond acceptors (Lipinski definition) is 3. The lowest BCUT2D eigenvalue weighted by Gasteiger charge is -2.35. The highest BCUT2D eigenvalue weighted by atomic mass is 16.6. The zero-order valence-corrected chi connectivity index (χ0v) is 12.0. The smallest absolute Gasteiger partial charge is 0.161 e. The van der Waals surface area contributed by atoms with E-state index in [4.69, 9.17) is 9.47 Å². The summed E-state index contributed by atoms with van der Waals surface area (Å²) in [5.74, 6) is 2.64. The molecule has 0 radical (unpaired) electrons. The van der Waals surface area contributed by atoms with Crippen molar-refractivity contribution in [2.24, 2.45) is 5.92 Å². The molecule has 3 aliphatic rings. The highest BCUT2D eigenvalue weighted by Gasteiger charge is 2.46. The monoisotopic (exact) mass is 273 g/mol. The predicted molar refractivity (Wildman–Crippen MR) is 78.3 cm³/mol. The maximum absolute atomic E-state index is 5.78. The molecule has 0 aromatic heterocycles. The molecule has 4 rings (SSSR count). The Labute approximate surface area is 120 Å². The van der Waals surface area contributed by atoms with Crippen LogP contribution in [-0.2, 0) is 5.54 Å². The minimum absolute atomic E-state index is 0.187. The second-order valence-electron chi connectivity index (χ2n) is 6.34. The summed E-state index contributed by atoms with van der Waals surface area (Å²) in [5, 5.41) is 3.88. The van der Waals surface area contributed by atoms with E-state index in [0.29, 0.717) is 13.2 Å². The van der Waals surface area contributed by atoms with Gasteiger partial charge >= 0.3 is 0 Å². The van der Waals surface area contributed by atoms with Gasteiger partial charge in [-0.25, -0.2) is 0 Å². The molecule has 0 spiro atoms. The van der Waals surface area contributed by atoms with Gasteiger partial charge in [-0.15, -0.1) is 0 Å². The summed E-state index contributed by atoms with van der Waals surface area (Å²) in [6.45, 7) is 2.48. The van der Waals surface area contributed by atoms with E-state index in [0.717, 1.165) is 24.0 Å². The highest BCUT2D eigenvalue weighted by Crippen LogP contribution is 2.50. The normalized spacial score (nSPS) is 29.8. The molecule has 1 aliphatic carbocycles. The summed E-state index contributed by atoms with van der Waals surface area (Å²) in [6, 6.07) is 6.58. The van der Waals surface area contributed by atoms with Crippen molar-refractivity contribution in [2.45, 2.75) is 44.1 Å². The molecule has 2 aliphatic heterocycles. The van der Waals surface area contributed by atoms with Gasteiger partial charge in [0.2, 0.25) is 0 Å². The fraction of sp³-hybridized carbons (Fsp3) is 0.647. The van der Waals surface area contributed by atoms with Crippen molar-refractivity contribution < 1.29 is 9.47 Å². The summed E-state index contributed by atoms with van der Waals surface area (Å²) in [5.41, 5.74) is 1.60. The molecule has 1 atom stereocenters. The lowest BCUT2D eigenvalue weighted by molar-refractivity contribution is 0.170. The van der Waals surface area contributed by atoms with Crippen molar-refractivity contribution in [1.29, 1.82) is 0 Å². The zero-order chi connectivity index (χ0) is 13.4. The SMILES string of the molecule is c1cc2c(cc1C1(C3CC3)CCCCCN1)OCCO2. The molecule has 1 aromatic rings. The van der Waals surface area contributed by atoms with E-state index in [-0.39, 0.29) is 5.54 Å². The Morgan fingerprint density at radius 1 is 1.00 bits per heavy atom. The van der Waals surface area contributed by atoms with E-state index in [2.05, 4.69) is 23.5 Å². The van der Waals surface area contributed by atoms with Gasteiger partial charge in [-0.2, -0.15) is 0 Å². The number of rotatable bonds is 2. The van der Waals surface area contributed by atoms with Gasteiger partial charge in [0.05, 0.1) is 0 Å². The minimum Gasteiger partial charge on any atom is -0.486 e. The summed E-state index contributed by atoms with van der Waals surface area (Å²) < 4.78 is 11.4. The fourth-order valence-electron chi connectivity index (χ4n) is 3.83. The molecule has 1 aromatic carbocycles. The van der Waals surface area contributed by atoms with Gasteiger partial charge in [-0.1, -0.05) is 18.9 Å². The molecule has 0 amide bonds. The zero-order valence-electron chi connectivity index (χ0n) is 12.0. The summed E-state index contributed by atoms with van der Waals surface area (Å²) in [7, 11) is 0. The predicted octanol–water partition coefficient (Wildman–Crippen LogP) is 3.23. The molecular formula is C17H23NO2. The quantitative estimate of drug-likeness (QED) is 0.897. The molecule has 1 unspecified atom stereocenters. The molecule has 20 heavy (non-hydrogen) atoms. The summed E-state index contributed by atoms with van der Waals surface area (Å²) in [6.07, 6.45) is 7.98. The number of nitrogens with one attached hydrogen (secondary N) is 1. The van der Waals surface area contributed by atoms with Crippen LogP contribution in [0.25, 0.3) is 0 Å². The van der Waals surface area contributed by atoms with Gasteiger partial charge in [0.1, 0.15) is 13.2 Å². The Morgan fingerprint density at radius 2 is 1.85 bits per heavy atom. The maximum Gasteiger partial charge on any atom is 0.161 e. The molecule has 0 bridgehead atoms. The minimum atomic E-state index is 0.187. The Morgan fingerprint density at radius 3 is 2.70 bits per heavy atom. The van der Waals surface area contributed by atoms with Crippen molar-refractivity contribution in [3.05, 3.63) is 23.8 Å². The third kappa shape index (κ3) is 2.08. The highest BCUT2D eigenvalue weighted by molar-refractivity contribution is 5.46. The molecule has 1 N–H and O–H groups in total. The van der Waals surface area contributed by atoms with Crippen molar-refractivity contribution in [3.63, 3.8) is 0 Å². The maximum atomic E-state index is 5.78. The van der Waals surface area contributed by atoms with Gasteiger partial charge in [-0.3, -0.25) is 0 Å². The van der Waals surface area contributed by atoms with Gasteiger partial charge in [0.15, 0.2) is 11.5 Å². The Bertz CT molecular complexity index is 488. The molecule has 1 saturated carbocycles. The van der Waals surface area contributed by atoms with Gasteiger partial charge in [0.25, 0.3) is 0 Å². The van der Waals surface area contributed by atoms with Gasteiger partial charge in [0, 0.05) is 5.54 Å². The number of fused-ring (bicyclic) bond motifs is 1. The third-order valence-corrected chi connectivity index (χ3v) is 5.02. The van der Waals surface area contributed by atoms with E-state index < -0.39 is 0 Å². The van der Waals surface area contributed by atoms with E-state index in [9.17, 15) is 0 Å². The van der Waals surface area contributed by atoms with Crippen LogP contribution in [0.3, 0.4) is 0 Å². The Balaban J connectivity index is 1.72. The molecule has 108 valence electrons. The van der Waals surface area contributed by atoms with Crippen LogP contribution in [0.1, 0.15) is 44.1 Å². The van der Waals surface area contributed by atoms with Crippen molar-refractivity contribution in [1.82, 2.24) is 5.32 Å². The first-order valence-electron chi connectivity index (χ1n) is 8.04. The second kappa shape index (κ2) is 4.96. The fourth-order valence-corrected chi connectivity index (χ4v) is 3.83. The molecule has 1 saturated heterocycles. The van der Waals surface area contributed by atoms with E-state index in [1.54, 1.807) is 0 Å². The van der Waals surface area contributed by atoms with Crippen molar-refractivity contribution >= 4 is 0 Å². The van der Waals surface area contributed by atoms with Gasteiger partial charge < -0.3 is 14.8 Å². The van der Waals surface area contributed by atoms with Crippen LogP contribution in [-0.4, -0.2) is 19.8 Å². The van der Waals surface area contributed by atoms with Gasteiger partial charge in [-0.05, 0) is 55.8 Å². The molecule has 3 nitrogen and oxygen atoms in total. The van der Waals surface area contributed by atoms with Crippen molar-refractivity contribution in [3.8, 4) is 11.5 Å². The first kappa shape index (κ1) is 12.5. The molecule has 3 heteroatoms. The molecule has 2 fully saturated rings. The molecular weight excluding hydrogens is 250 g/mol. The van der Waals surface area contributed by atoms with E-state index >= 15 is 0 Å². The Hall–Kier alpha value is -1.22. The van der Waals surface area contributed by atoms with E-state index in [1.807, 2.05) is 0 Å². The van der Waals surface area contributed by atoms with Crippen LogP contribution in [0.15, 0.2) is 18.2 Å². The van der Waals surface area contributed by atoms with Crippen LogP contribution >= 0.6 is 0 Å². The van der Waals surface area contributed by atoms with Crippen molar-refractivity contribution in [2.75, 3.05) is 19.8 Å². The first-order valence-corrected chi connectivity index (χ1v) is 8.04. The average Bonchev–Trinajstić information content (AvgIpc) is 3.33. The Kier molecular flexibility index (Phi) is 3.10. The standard InChI is InChI=1S/C17H23NO2/c1-2-8-17(13-4-5-13,18-9-3-1)14-6-7-15-16(12-14)20-11-10-19-15/h6-7,12-13,18H,1-5,8-11H2. The summed E-state index contributed by atoms with van der Waals surface area (Å²) >= 11 is 0. The van der Waals surface area contributed by atoms with Crippen LogP contribution in [0.5, 0.6) is 11.5 Å². The number of ether oxygens (including phenoxy) is 2. The number of hydrogen-bond donors (Lipinski definition) is 1. The van der Waals surface area contributed by atoms with Crippen LogP contribution < -0.4 is 14.8 Å². The lowest BCUT2D eigenvalue weighted by atomic mass is 9.81.